The summed E-state index contributed by atoms with van der Waals surface area (Å²) in [5, 5.41) is 11.4. The molecule has 0 aliphatic carbocycles. The Morgan fingerprint density at radius 3 is 2.64 bits per heavy atom. The van der Waals surface area contributed by atoms with E-state index in [2.05, 4.69) is 15.6 Å². The Morgan fingerprint density at radius 2 is 1.96 bits per heavy atom. The summed E-state index contributed by atoms with van der Waals surface area (Å²) in [6.45, 7) is 1.94. The van der Waals surface area contributed by atoms with E-state index < -0.39 is 0 Å². The Balaban J connectivity index is 1.91. The van der Waals surface area contributed by atoms with E-state index in [1.54, 1.807) is 13.3 Å². The minimum atomic E-state index is -0.272. The third-order valence-corrected chi connectivity index (χ3v) is 4.75. The van der Waals surface area contributed by atoms with Gasteiger partial charge in [0.15, 0.2) is 0 Å². The van der Waals surface area contributed by atoms with Crippen molar-refractivity contribution < 1.29 is 9.63 Å². The number of aryl methyl sites for hydroxylation is 2. The summed E-state index contributed by atoms with van der Waals surface area (Å²) in [7, 11) is 3.23. The lowest BCUT2D eigenvalue weighted by molar-refractivity contribution is 0.102. The molecular formula is C21H21ClN4O2. The van der Waals surface area contributed by atoms with Crippen LogP contribution in [0.1, 0.15) is 28.5 Å². The van der Waals surface area contributed by atoms with Gasteiger partial charge in [-0.25, -0.2) is 0 Å². The summed E-state index contributed by atoms with van der Waals surface area (Å²) < 4.78 is 1.52. The van der Waals surface area contributed by atoms with E-state index in [0.717, 1.165) is 16.7 Å². The monoisotopic (exact) mass is 396 g/mol. The van der Waals surface area contributed by atoms with Gasteiger partial charge in [-0.15, -0.1) is 0 Å². The van der Waals surface area contributed by atoms with Gasteiger partial charge in [-0.3, -0.25) is 9.48 Å². The average Bonchev–Trinajstić information content (AvgIpc) is 3.01. The molecule has 0 aliphatic heterocycles. The number of oxime groups is 1. The molecule has 0 radical (unpaired) electrons. The second-order valence-electron chi connectivity index (χ2n) is 6.13. The van der Waals surface area contributed by atoms with Crippen LogP contribution in [0.5, 0.6) is 0 Å². The van der Waals surface area contributed by atoms with Crippen molar-refractivity contribution >= 4 is 29.4 Å². The van der Waals surface area contributed by atoms with Crippen LogP contribution in [0.25, 0.3) is 11.1 Å². The lowest BCUT2D eigenvalue weighted by atomic mass is 10.0. The largest absolute Gasteiger partial charge is 0.399 e. The number of para-hydroxylation sites is 1. The first kappa shape index (κ1) is 19.6. The number of benzene rings is 2. The van der Waals surface area contributed by atoms with Crippen molar-refractivity contribution in [2.45, 2.75) is 13.3 Å². The molecule has 2 aromatic carbocycles. The zero-order valence-electron chi connectivity index (χ0n) is 15.9. The van der Waals surface area contributed by atoms with Crippen LogP contribution < -0.4 is 5.32 Å². The molecule has 6 nitrogen and oxygen atoms in total. The highest BCUT2D eigenvalue weighted by atomic mass is 35.5. The van der Waals surface area contributed by atoms with Gasteiger partial charge in [-0.05, 0) is 23.6 Å². The number of nitrogens with zero attached hydrogens (tertiary/aromatic N) is 3. The SMILES string of the molecule is CCc1nn(C)c(Cl)c1C(=O)Nc1ccccc1-c1ccc(/C=N/OC)cc1. The average molecular weight is 397 g/mol. The summed E-state index contributed by atoms with van der Waals surface area (Å²) >= 11 is 6.29. The number of aromatic nitrogens is 2. The molecule has 0 bridgehead atoms. The minimum Gasteiger partial charge on any atom is -0.399 e. The first-order valence-corrected chi connectivity index (χ1v) is 9.21. The van der Waals surface area contributed by atoms with E-state index >= 15 is 0 Å². The molecule has 0 fully saturated rings. The number of carbonyl (C=O) groups is 1. The second-order valence-corrected chi connectivity index (χ2v) is 6.49. The Labute approximate surface area is 168 Å². The van der Waals surface area contributed by atoms with Gasteiger partial charge in [0.2, 0.25) is 0 Å². The lowest BCUT2D eigenvalue weighted by Crippen LogP contribution is -2.14. The van der Waals surface area contributed by atoms with Crippen molar-refractivity contribution in [1.82, 2.24) is 9.78 Å². The Bertz CT molecular complexity index is 1010. The standard InChI is InChI=1S/C21H21ClN4O2/c1-4-17-19(20(22)26(2)25-17)21(27)24-18-8-6-5-7-16(18)15-11-9-14(10-12-15)13-23-28-3/h5-13H,4H2,1-3H3,(H,24,27)/b23-13+. The fourth-order valence-corrected chi connectivity index (χ4v) is 3.15. The number of nitrogens with one attached hydrogen (secondary N) is 1. The number of halogens is 1. The van der Waals surface area contributed by atoms with Crippen LogP contribution in [-0.4, -0.2) is 29.0 Å². The lowest BCUT2D eigenvalue weighted by Gasteiger charge is -2.12. The van der Waals surface area contributed by atoms with Crippen molar-refractivity contribution in [2.75, 3.05) is 12.4 Å². The van der Waals surface area contributed by atoms with Crippen LogP contribution in [0.3, 0.4) is 0 Å². The number of anilines is 1. The van der Waals surface area contributed by atoms with Crippen molar-refractivity contribution in [3.05, 3.63) is 70.5 Å². The van der Waals surface area contributed by atoms with Crippen molar-refractivity contribution in [3.63, 3.8) is 0 Å². The summed E-state index contributed by atoms with van der Waals surface area (Å²) in [5.74, 6) is -0.272. The molecule has 0 aliphatic rings. The molecule has 0 atom stereocenters. The molecule has 7 heteroatoms. The number of rotatable bonds is 6. The highest BCUT2D eigenvalue weighted by Gasteiger charge is 2.21. The molecule has 3 rings (SSSR count). The fourth-order valence-electron chi connectivity index (χ4n) is 2.92. The molecule has 1 heterocycles. The summed E-state index contributed by atoms with van der Waals surface area (Å²) in [5.41, 5.74) is 4.58. The molecule has 1 aromatic heterocycles. The first-order valence-electron chi connectivity index (χ1n) is 8.83. The zero-order valence-corrected chi connectivity index (χ0v) is 16.7. The molecule has 0 saturated carbocycles. The van der Waals surface area contributed by atoms with Gasteiger partial charge in [0.05, 0.1) is 17.5 Å². The normalized spacial score (nSPS) is 11.0. The topological polar surface area (TPSA) is 68.5 Å². The van der Waals surface area contributed by atoms with E-state index in [4.69, 9.17) is 16.4 Å². The molecular weight excluding hydrogens is 376 g/mol. The second kappa shape index (κ2) is 8.71. The first-order chi connectivity index (χ1) is 13.5. The van der Waals surface area contributed by atoms with E-state index in [0.29, 0.717) is 28.5 Å². The van der Waals surface area contributed by atoms with Gasteiger partial charge in [0.1, 0.15) is 12.3 Å². The predicted molar refractivity (Wildman–Crippen MR) is 112 cm³/mol. The Hall–Kier alpha value is -3.12. The molecule has 1 N–H and O–H groups in total. The molecule has 28 heavy (non-hydrogen) atoms. The maximum Gasteiger partial charge on any atom is 0.260 e. The zero-order chi connectivity index (χ0) is 20.1. The van der Waals surface area contributed by atoms with Crippen LogP contribution in [-0.2, 0) is 18.3 Å². The molecule has 0 unspecified atom stereocenters. The Kier molecular flexibility index (Phi) is 6.11. The summed E-state index contributed by atoms with van der Waals surface area (Å²) in [4.78, 5) is 17.6. The number of hydrogen-bond donors (Lipinski definition) is 1. The van der Waals surface area contributed by atoms with Gasteiger partial charge in [0.25, 0.3) is 5.91 Å². The molecule has 3 aromatic rings. The maximum absolute atomic E-state index is 12.9. The van der Waals surface area contributed by atoms with Crippen molar-refractivity contribution in [2.24, 2.45) is 12.2 Å². The van der Waals surface area contributed by atoms with Crippen LogP contribution >= 0.6 is 11.6 Å². The van der Waals surface area contributed by atoms with Crippen LogP contribution in [0.4, 0.5) is 5.69 Å². The fraction of sp³-hybridized carbons (Fsp3) is 0.190. The highest BCUT2D eigenvalue weighted by molar-refractivity contribution is 6.33. The third-order valence-electron chi connectivity index (χ3n) is 4.32. The molecule has 0 spiro atoms. The van der Waals surface area contributed by atoms with E-state index in [1.165, 1.54) is 11.8 Å². The van der Waals surface area contributed by atoms with E-state index in [1.807, 2.05) is 55.5 Å². The number of hydrogen-bond acceptors (Lipinski definition) is 4. The van der Waals surface area contributed by atoms with Gasteiger partial charge in [-0.1, -0.05) is 66.1 Å². The van der Waals surface area contributed by atoms with Gasteiger partial charge >= 0.3 is 0 Å². The van der Waals surface area contributed by atoms with E-state index in [9.17, 15) is 4.79 Å². The van der Waals surface area contributed by atoms with Crippen LogP contribution in [0.2, 0.25) is 5.15 Å². The minimum absolute atomic E-state index is 0.272. The summed E-state index contributed by atoms with van der Waals surface area (Å²) in [6, 6.07) is 15.4. The van der Waals surface area contributed by atoms with Crippen molar-refractivity contribution in [3.8, 4) is 11.1 Å². The van der Waals surface area contributed by atoms with Gasteiger partial charge < -0.3 is 10.2 Å². The van der Waals surface area contributed by atoms with E-state index in [-0.39, 0.29) is 5.91 Å². The maximum atomic E-state index is 12.9. The Morgan fingerprint density at radius 1 is 1.25 bits per heavy atom. The van der Waals surface area contributed by atoms with Gasteiger partial charge in [0, 0.05) is 18.3 Å². The molecule has 144 valence electrons. The summed E-state index contributed by atoms with van der Waals surface area (Å²) in [6.07, 6.45) is 2.25. The van der Waals surface area contributed by atoms with Crippen LogP contribution in [0.15, 0.2) is 53.7 Å². The van der Waals surface area contributed by atoms with Gasteiger partial charge in [-0.2, -0.15) is 5.10 Å². The molecule has 1 amide bonds. The number of amides is 1. The van der Waals surface area contributed by atoms with Crippen molar-refractivity contribution in [1.29, 1.82) is 0 Å². The molecule has 0 saturated heterocycles. The predicted octanol–water partition coefficient (Wildman–Crippen LogP) is 4.54. The quantitative estimate of drug-likeness (QED) is 0.491. The smallest absolute Gasteiger partial charge is 0.260 e. The number of carbonyl (C=O) groups excluding carboxylic acids is 1. The highest BCUT2D eigenvalue weighted by Crippen LogP contribution is 2.29. The third kappa shape index (κ3) is 4.07. The van der Waals surface area contributed by atoms with Crippen LogP contribution in [0, 0.1) is 0 Å².